The van der Waals surface area contributed by atoms with Crippen molar-refractivity contribution in [2.75, 3.05) is 0 Å². The maximum Gasteiger partial charge on any atom is 0.376 e. The van der Waals surface area contributed by atoms with Gasteiger partial charge in [0.2, 0.25) is 5.82 Å². The number of rotatable bonds is 2. The highest BCUT2D eigenvalue weighted by molar-refractivity contribution is 5.85. The molecule has 0 amide bonds. The first kappa shape index (κ1) is 7.21. The molecule has 0 spiro atoms. The summed E-state index contributed by atoms with van der Waals surface area (Å²) in [5.41, 5.74) is 0. The fourth-order valence-electron chi connectivity index (χ4n) is 0.794. The molecule has 1 aromatic rings. The topological polar surface area (TPSA) is 52.1 Å². The highest BCUT2D eigenvalue weighted by Crippen LogP contribution is 2.24. The van der Waals surface area contributed by atoms with Crippen LogP contribution in [0.2, 0.25) is 0 Å². The highest BCUT2D eigenvalue weighted by Gasteiger charge is 2.27. The number of carbonyl (C=O) groups excluding carboxylic acids is 1. The van der Waals surface area contributed by atoms with E-state index in [1.165, 1.54) is 12.4 Å². The van der Waals surface area contributed by atoms with Gasteiger partial charge in [0.15, 0.2) is 0 Å². The van der Waals surface area contributed by atoms with Crippen LogP contribution in [0.4, 0.5) is 0 Å². The van der Waals surface area contributed by atoms with Crippen molar-refractivity contribution in [1.82, 2.24) is 9.97 Å². The first-order chi connectivity index (χ1) is 5.86. The molecule has 0 unspecified atom stereocenters. The largest absolute Gasteiger partial charge is 0.456 e. The molecule has 4 nitrogen and oxygen atoms in total. The van der Waals surface area contributed by atoms with E-state index in [2.05, 4.69) is 9.97 Å². The Labute approximate surface area is 69.6 Å². The van der Waals surface area contributed by atoms with Crippen LogP contribution in [-0.4, -0.2) is 22.0 Å². The molecule has 1 aromatic heterocycles. The monoisotopic (exact) mass is 164 g/mol. The summed E-state index contributed by atoms with van der Waals surface area (Å²) in [7, 11) is 0. The lowest BCUT2D eigenvalue weighted by Gasteiger charge is -1.98. The van der Waals surface area contributed by atoms with Crippen molar-refractivity contribution in [3.05, 3.63) is 24.3 Å². The van der Waals surface area contributed by atoms with Crippen LogP contribution in [0.15, 0.2) is 18.5 Å². The molecule has 0 atom stereocenters. The average Bonchev–Trinajstić information content (AvgIpc) is 2.90. The van der Waals surface area contributed by atoms with Gasteiger partial charge in [-0.25, -0.2) is 14.8 Å². The minimum Gasteiger partial charge on any atom is -0.456 e. The second kappa shape index (κ2) is 2.89. The molecule has 0 bridgehead atoms. The van der Waals surface area contributed by atoms with Gasteiger partial charge in [0.1, 0.15) is 6.10 Å². The first-order valence-corrected chi connectivity index (χ1v) is 3.84. The van der Waals surface area contributed by atoms with Gasteiger partial charge in [0.05, 0.1) is 0 Å². The lowest BCUT2D eigenvalue weighted by atomic mass is 10.5. The van der Waals surface area contributed by atoms with E-state index in [1.54, 1.807) is 6.07 Å². The maximum absolute atomic E-state index is 11.1. The summed E-state index contributed by atoms with van der Waals surface area (Å²) >= 11 is 0. The second-order valence-corrected chi connectivity index (χ2v) is 2.68. The zero-order valence-electron chi connectivity index (χ0n) is 6.43. The number of ether oxygens (including phenoxy) is 1. The van der Waals surface area contributed by atoms with Crippen LogP contribution in [0.3, 0.4) is 0 Å². The zero-order valence-corrected chi connectivity index (χ0v) is 6.43. The van der Waals surface area contributed by atoms with E-state index in [9.17, 15) is 4.79 Å². The molecule has 0 saturated heterocycles. The van der Waals surface area contributed by atoms with Gasteiger partial charge in [-0.05, 0) is 18.9 Å². The smallest absolute Gasteiger partial charge is 0.376 e. The predicted molar refractivity (Wildman–Crippen MR) is 40.5 cm³/mol. The van der Waals surface area contributed by atoms with E-state index in [0.29, 0.717) is 0 Å². The fourth-order valence-corrected chi connectivity index (χ4v) is 0.794. The maximum atomic E-state index is 11.1. The van der Waals surface area contributed by atoms with Crippen LogP contribution in [0.1, 0.15) is 23.5 Å². The van der Waals surface area contributed by atoms with Crippen LogP contribution in [0.5, 0.6) is 0 Å². The molecule has 1 aliphatic carbocycles. The molecule has 1 saturated carbocycles. The van der Waals surface area contributed by atoms with Crippen molar-refractivity contribution >= 4 is 5.97 Å². The third kappa shape index (κ3) is 1.58. The Hall–Kier alpha value is -1.45. The van der Waals surface area contributed by atoms with E-state index < -0.39 is 5.97 Å². The number of nitrogens with zero attached hydrogens (tertiary/aromatic N) is 2. The molecule has 1 fully saturated rings. The Morgan fingerprint density at radius 2 is 2.08 bits per heavy atom. The van der Waals surface area contributed by atoms with Crippen LogP contribution in [-0.2, 0) is 4.74 Å². The number of esters is 1. The van der Waals surface area contributed by atoms with Crippen molar-refractivity contribution < 1.29 is 9.53 Å². The molecule has 0 aromatic carbocycles. The molecule has 62 valence electrons. The minimum atomic E-state index is -0.418. The molecule has 12 heavy (non-hydrogen) atoms. The molecule has 0 radical (unpaired) electrons. The normalized spacial score (nSPS) is 15.7. The van der Waals surface area contributed by atoms with Gasteiger partial charge < -0.3 is 4.74 Å². The van der Waals surface area contributed by atoms with Crippen molar-refractivity contribution in [3.63, 3.8) is 0 Å². The van der Waals surface area contributed by atoms with E-state index in [-0.39, 0.29) is 11.9 Å². The zero-order chi connectivity index (χ0) is 8.39. The Balaban J connectivity index is 2.03. The molecule has 4 heteroatoms. The standard InChI is InChI=1S/C8H8N2O2/c11-8(12-6-2-3-6)7-9-4-1-5-10-7/h1,4-6H,2-3H2. The Morgan fingerprint density at radius 1 is 1.42 bits per heavy atom. The molecule has 2 rings (SSSR count). The first-order valence-electron chi connectivity index (χ1n) is 3.84. The van der Waals surface area contributed by atoms with Gasteiger partial charge >= 0.3 is 5.97 Å². The van der Waals surface area contributed by atoms with Gasteiger partial charge in [-0.15, -0.1) is 0 Å². The Morgan fingerprint density at radius 3 is 2.67 bits per heavy atom. The van der Waals surface area contributed by atoms with E-state index in [0.717, 1.165) is 12.8 Å². The Kier molecular flexibility index (Phi) is 1.74. The van der Waals surface area contributed by atoms with Crippen molar-refractivity contribution in [2.45, 2.75) is 18.9 Å². The molecular weight excluding hydrogens is 156 g/mol. The molecular formula is C8H8N2O2. The molecule has 0 N–H and O–H groups in total. The fraction of sp³-hybridized carbons (Fsp3) is 0.375. The van der Waals surface area contributed by atoms with Gasteiger partial charge in [0, 0.05) is 12.4 Å². The quantitative estimate of drug-likeness (QED) is 0.606. The van der Waals surface area contributed by atoms with Crippen LogP contribution < -0.4 is 0 Å². The lowest BCUT2D eigenvalue weighted by molar-refractivity contribution is 0.0457. The summed E-state index contributed by atoms with van der Waals surface area (Å²) in [5.74, 6) is -0.275. The SMILES string of the molecule is O=C(OC1CC1)c1ncccn1. The summed E-state index contributed by atoms with van der Waals surface area (Å²) in [6.07, 6.45) is 5.10. The third-order valence-corrected chi connectivity index (χ3v) is 1.55. The van der Waals surface area contributed by atoms with E-state index in [1.807, 2.05) is 0 Å². The third-order valence-electron chi connectivity index (χ3n) is 1.55. The van der Waals surface area contributed by atoms with Gasteiger partial charge in [-0.3, -0.25) is 0 Å². The van der Waals surface area contributed by atoms with Crippen molar-refractivity contribution in [3.8, 4) is 0 Å². The van der Waals surface area contributed by atoms with Gasteiger partial charge in [-0.2, -0.15) is 0 Å². The summed E-state index contributed by atoms with van der Waals surface area (Å²) in [4.78, 5) is 18.7. The molecule has 1 heterocycles. The van der Waals surface area contributed by atoms with Gasteiger partial charge in [0.25, 0.3) is 0 Å². The predicted octanol–water partition coefficient (Wildman–Crippen LogP) is 0.796. The number of hydrogen-bond acceptors (Lipinski definition) is 4. The lowest BCUT2D eigenvalue weighted by Crippen LogP contribution is -2.10. The average molecular weight is 164 g/mol. The summed E-state index contributed by atoms with van der Waals surface area (Å²) in [6, 6.07) is 1.66. The molecule has 0 aliphatic heterocycles. The number of carbonyl (C=O) groups is 1. The summed E-state index contributed by atoms with van der Waals surface area (Å²) < 4.78 is 4.98. The van der Waals surface area contributed by atoms with Crippen molar-refractivity contribution in [1.29, 1.82) is 0 Å². The summed E-state index contributed by atoms with van der Waals surface area (Å²) in [6.45, 7) is 0. The van der Waals surface area contributed by atoms with E-state index in [4.69, 9.17) is 4.74 Å². The minimum absolute atomic E-state index is 0.112. The van der Waals surface area contributed by atoms with Crippen LogP contribution in [0, 0.1) is 0 Å². The molecule has 1 aliphatic rings. The Bertz CT molecular complexity index is 282. The van der Waals surface area contributed by atoms with E-state index >= 15 is 0 Å². The summed E-state index contributed by atoms with van der Waals surface area (Å²) in [5, 5.41) is 0. The van der Waals surface area contributed by atoms with Crippen LogP contribution >= 0.6 is 0 Å². The second-order valence-electron chi connectivity index (χ2n) is 2.68. The van der Waals surface area contributed by atoms with Crippen LogP contribution in [0.25, 0.3) is 0 Å². The number of hydrogen-bond donors (Lipinski definition) is 0. The van der Waals surface area contributed by atoms with Gasteiger partial charge in [-0.1, -0.05) is 0 Å². The highest BCUT2D eigenvalue weighted by atomic mass is 16.5. The van der Waals surface area contributed by atoms with Crippen molar-refractivity contribution in [2.24, 2.45) is 0 Å². The number of aromatic nitrogens is 2.